The van der Waals surface area contributed by atoms with E-state index in [2.05, 4.69) is 20.3 Å². The zero-order chi connectivity index (χ0) is 37.4. The van der Waals surface area contributed by atoms with Crippen molar-refractivity contribution in [2.45, 2.75) is 100.0 Å². The van der Waals surface area contributed by atoms with Crippen LogP contribution < -0.4 is 29.6 Å². The standard InChI is InChI=1S/C35H45N5O11S/c1-5-27-29(37-34(44)45)32(42)40-18-23(51-31-25-13-10-22(48-3)14-20(25)15-28(36-31)49-4)16-26(40)30(41)38-35(33(43)39-52(46,47)24-11-12-24)17-21(35)9-7-6-8-19(2)50-27/h7,9-10,13-15,19,21,23-24,26-27,29,37H,5-6,8,11-12,16-18H2,1-4H3,(H,38,41)(H,39,43)(H,44,45)/b9-7-/t19-,21-,23-,26+,27+,29+,35-/m1/s1. The number of fused-ring (bicyclic) bond motifs is 3. The summed E-state index contributed by atoms with van der Waals surface area (Å²) in [4.78, 5) is 60.2. The molecule has 2 aliphatic carbocycles. The quantitative estimate of drug-likeness (QED) is 0.273. The number of hydrogen-bond acceptors (Lipinski definition) is 11. The number of carbonyl (C=O) groups excluding carboxylic acids is 3. The van der Waals surface area contributed by atoms with E-state index in [1.807, 2.05) is 13.0 Å². The fourth-order valence-corrected chi connectivity index (χ4v) is 8.36. The molecule has 2 aliphatic heterocycles. The molecule has 2 saturated carbocycles. The summed E-state index contributed by atoms with van der Waals surface area (Å²) < 4.78 is 51.2. The van der Waals surface area contributed by atoms with Gasteiger partial charge in [-0.3, -0.25) is 19.1 Å². The molecule has 4 aliphatic rings. The number of amides is 4. The highest BCUT2D eigenvalue weighted by atomic mass is 32.2. The normalized spacial score (nSPS) is 30.1. The van der Waals surface area contributed by atoms with Crippen LogP contribution in [0, 0.1) is 5.92 Å². The summed E-state index contributed by atoms with van der Waals surface area (Å²) in [7, 11) is -0.930. The Morgan fingerprint density at radius 3 is 2.60 bits per heavy atom. The van der Waals surface area contributed by atoms with E-state index in [0.717, 1.165) is 0 Å². The van der Waals surface area contributed by atoms with Gasteiger partial charge in [-0.1, -0.05) is 19.1 Å². The minimum absolute atomic E-state index is 0.0550. The second-order valence-corrected chi connectivity index (χ2v) is 15.8. The molecule has 1 aromatic carbocycles. The van der Waals surface area contributed by atoms with Crippen molar-refractivity contribution in [2.75, 3.05) is 20.8 Å². The van der Waals surface area contributed by atoms with Crippen molar-refractivity contribution in [2.24, 2.45) is 5.92 Å². The van der Waals surface area contributed by atoms with Gasteiger partial charge in [0, 0.05) is 23.8 Å². The average molecular weight is 744 g/mol. The van der Waals surface area contributed by atoms with Crippen molar-refractivity contribution >= 4 is 44.6 Å². The molecule has 282 valence electrons. The Balaban J connectivity index is 1.36. The highest BCUT2D eigenvalue weighted by Gasteiger charge is 2.62. The molecular weight excluding hydrogens is 698 g/mol. The SMILES string of the molecule is CC[C@@H]1O[C@H](C)CC/C=C\[C@@H]2C[C@@]2(C(=O)NS(=O)(=O)C2CC2)NC(=O)[C@@H]2C[C@@H](Oc3nc(OC)cc4cc(OC)ccc34)CN2C(=O)[C@H]1NC(=O)O. The van der Waals surface area contributed by atoms with E-state index in [9.17, 15) is 32.7 Å². The summed E-state index contributed by atoms with van der Waals surface area (Å²) in [6.45, 7) is 3.45. The van der Waals surface area contributed by atoms with Gasteiger partial charge in [0.05, 0.1) is 38.2 Å². The van der Waals surface area contributed by atoms with Gasteiger partial charge >= 0.3 is 6.09 Å². The van der Waals surface area contributed by atoms with Gasteiger partial charge in [-0.2, -0.15) is 4.98 Å². The van der Waals surface area contributed by atoms with Crippen LogP contribution in [-0.2, 0) is 29.1 Å². The number of aromatic nitrogens is 1. The molecule has 0 radical (unpaired) electrons. The molecule has 6 rings (SSSR count). The highest BCUT2D eigenvalue weighted by molar-refractivity contribution is 7.91. The number of hydrogen-bond donors (Lipinski definition) is 4. The number of methoxy groups -OCH3 is 2. The van der Waals surface area contributed by atoms with Crippen molar-refractivity contribution in [1.29, 1.82) is 0 Å². The van der Waals surface area contributed by atoms with Crippen molar-refractivity contribution in [3.05, 3.63) is 36.4 Å². The third-order valence-electron chi connectivity index (χ3n) is 10.1. The van der Waals surface area contributed by atoms with Crippen LogP contribution in [0.25, 0.3) is 10.8 Å². The second-order valence-electron chi connectivity index (χ2n) is 13.8. The molecule has 1 saturated heterocycles. The molecule has 4 amide bonds. The predicted molar refractivity (Wildman–Crippen MR) is 186 cm³/mol. The average Bonchev–Trinajstić information content (AvgIpc) is 4.04. The first-order chi connectivity index (χ1) is 24.8. The number of sulfonamides is 1. The number of nitrogens with one attached hydrogen (secondary N) is 3. The van der Waals surface area contributed by atoms with Crippen LogP contribution >= 0.6 is 0 Å². The van der Waals surface area contributed by atoms with Crippen LogP contribution in [0.1, 0.15) is 58.8 Å². The molecule has 1 aromatic heterocycles. The summed E-state index contributed by atoms with van der Waals surface area (Å²) in [5.74, 6) is -1.75. The van der Waals surface area contributed by atoms with Crippen molar-refractivity contribution in [1.82, 2.24) is 25.2 Å². The van der Waals surface area contributed by atoms with Crippen LogP contribution in [0.5, 0.6) is 17.5 Å². The van der Waals surface area contributed by atoms with E-state index in [1.165, 1.54) is 12.0 Å². The maximum absolute atomic E-state index is 14.4. The third-order valence-corrected chi connectivity index (χ3v) is 11.9. The van der Waals surface area contributed by atoms with Gasteiger partial charge in [-0.25, -0.2) is 13.2 Å². The first kappa shape index (κ1) is 37.1. The van der Waals surface area contributed by atoms with E-state index < -0.39 is 74.8 Å². The molecule has 0 unspecified atom stereocenters. The van der Waals surface area contributed by atoms with Gasteiger partial charge in [0.25, 0.3) is 5.91 Å². The number of pyridine rings is 1. The van der Waals surface area contributed by atoms with Crippen LogP contribution in [0.15, 0.2) is 36.4 Å². The zero-order valence-electron chi connectivity index (χ0n) is 29.5. The maximum Gasteiger partial charge on any atom is 0.405 e. The lowest BCUT2D eigenvalue weighted by Crippen LogP contribution is -2.60. The fraction of sp³-hybridized carbons (Fsp3) is 0.571. The van der Waals surface area contributed by atoms with Crippen LogP contribution in [-0.4, -0.2) is 109 Å². The smallest absolute Gasteiger partial charge is 0.405 e. The zero-order valence-corrected chi connectivity index (χ0v) is 30.3. The topological polar surface area (TPSA) is 212 Å². The highest BCUT2D eigenvalue weighted by Crippen LogP contribution is 2.46. The Hall–Kier alpha value is -4.64. The monoisotopic (exact) mass is 743 g/mol. The molecule has 3 heterocycles. The molecule has 0 spiro atoms. The summed E-state index contributed by atoms with van der Waals surface area (Å²) >= 11 is 0. The Morgan fingerprint density at radius 2 is 1.92 bits per heavy atom. The molecule has 2 aromatic rings. The second kappa shape index (κ2) is 14.8. The van der Waals surface area contributed by atoms with Gasteiger partial charge in [0.15, 0.2) is 0 Å². The third kappa shape index (κ3) is 7.74. The van der Waals surface area contributed by atoms with Crippen LogP contribution in [0.4, 0.5) is 4.79 Å². The Bertz CT molecular complexity index is 1860. The van der Waals surface area contributed by atoms with E-state index in [4.69, 9.17) is 18.9 Å². The molecule has 0 bridgehead atoms. The van der Waals surface area contributed by atoms with E-state index in [1.54, 1.807) is 44.4 Å². The largest absolute Gasteiger partial charge is 0.497 e. The Morgan fingerprint density at radius 1 is 1.15 bits per heavy atom. The van der Waals surface area contributed by atoms with Crippen molar-refractivity contribution in [3.63, 3.8) is 0 Å². The predicted octanol–water partition coefficient (Wildman–Crippen LogP) is 2.25. The molecule has 4 N–H and O–H groups in total. The van der Waals surface area contributed by atoms with Gasteiger partial charge in [-0.05, 0) is 69.0 Å². The van der Waals surface area contributed by atoms with Gasteiger partial charge in [0.2, 0.25) is 33.6 Å². The minimum Gasteiger partial charge on any atom is -0.497 e. The fourth-order valence-electron chi connectivity index (χ4n) is 7.00. The number of allylic oxidation sites excluding steroid dienone is 1. The molecule has 17 heteroatoms. The summed E-state index contributed by atoms with van der Waals surface area (Å²) in [6, 6.07) is 4.38. The summed E-state index contributed by atoms with van der Waals surface area (Å²) in [5.41, 5.74) is -1.57. The number of rotatable bonds is 9. The summed E-state index contributed by atoms with van der Waals surface area (Å²) in [5, 5.41) is 15.6. The van der Waals surface area contributed by atoms with Gasteiger partial charge < -0.3 is 39.6 Å². The number of ether oxygens (including phenoxy) is 4. The first-order valence-electron chi connectivity index (χ1n) is 17.5. The lowest BCUT2D eigenvalue weighted by Gasteiger charge is -2.33. The lowest BCUT2D eigenvalue weighted by molar-refractivity contribution is -0.145. The van der Waals surface area contributed by atoms with Crippen LogP contribution in [0.3, 0.4) is 0 Å². The molecule has 16 nitrogen and oxygen atoms in total. The Kier molecular flexibility index (Phi) is 10.5. The molecule has 52 heavy (non-hydrogen) atoms. The number of benzene rings is 1. The number of carboxylic acid groups (broad SMARTS) is 1. The van der Waals surface area contributed by atoms with Crippen LogP contribution in [0.2, 0.25) is 0 Å². The van der Waals surface area contributed by atoms with Gasteiger partial charge in [-0.15, -0.1) is 0 Å². The molecule has 3 fully saturated rings. The van der Waals surface area contributed by atoms with Crippen molar-refractivity contribution in [3.8, 4) is 17.5 Å². The van der Waals surface area contributed by atoms with Crippen molar-refractivity contribution < 1.29 is 51.6 Å². The maximum atomic E-state index is 14.4. The van der Waals surface area contributed by atoms with E-state index in [0.29, 0.717) is 42.2 Å². The van der Waals surface area contributed by atoms with E-state index >= 15 is 0 Å². The summed E-state index contributed by atoms with van der Waals surface area (Å²) in [6.07, 6.45) is 2.45. The molecule has 7 atom stereocenters. The van der Waals surface area contributed by atoms with Gasteiger partial charge in [0.1, 0.15) is 29.5 Å². The lowest BCUT2D eigenvalue weighted by atomic mass is 10.0. The number of nitrogens with zero attached hydrogens (tertiary/aromatic N) is 2. The molecular formula is C35H45N5O11S. The Labute approximate surface area is 301 Å². The van der Waals surface area contributed by atoms with E-state index in [-0.39, 0.29) is 43.7 Å². The first-order valence-corrected chi connectivity index (χ1v) is 19.0. The number of carbonyl (C=O) groups is 4. The minimum atomic E-state index is -3.93.